The highest BCUT2D eigenvalue weighted by atomic mass is 16.2. The molecule has 2 amide bonds. The quantitative estimate of drug-likeness (QED) is 0.675. The van der Waals surface area contributed by atoms with Crippen molar-refractivity contribution in [3.05, 3.63) is 0 Å². The highest BCUT2D eigenvalue weighted by Gasteiger charge is 2.31. The highest BCUT2D eigenvalue weighted by molar-refractivity contribution is 5.88. The second-order valence-electron chi connectivity index (χ2n) is 5.01. The number of rotatable bonds is 7. The largest absolute Gasteiger partial charge is 0.355 e. The van der Waals surface area contributed by atoms with Crippen molar-refractivity contribution in [2.45, 2.75) is 52.0 Å². The molecule has 0 spiro atoms. The summed E-state index contributed by atoms with van der Waals surface area (Å²) >= 11 is 0. The molecule has 110 valence electrons. The number of likely N-dealkylation sites (N-methyl/N-ethyl adjacent to an activating group) is 1. The molecule has 0 aliphatic carbocycles. The number of hydrogen-bond donors (Lipinski definition) is 2. The van der Waals surface area contributed by atoms with E-state index in [0.29, 0.717) is 26.1 Å². The number of amides is 2. The lowest BCUT2D eigenvalue weighted by Crippen LogP contribution is -2.59. The Morgan fingerprint density at radius 2 is 2.05 bits per heavy atom. The van der Waals surface area contributed by atoms with Gasteiger partial charge in [0.25, 0.3) is 0 Å². The zero-order valence-corrected chi connectivity index (χ0v) is 12.2. The van der Waals surface area contributed by atoms with Gasteiger partial charge in [-0.3, -0.25) is 9.59 Å². The molecule has 1 aliphatic heterocycles. The smallest absolute Gasteiger partial charge is 0.244 e. The van der Waals surface area contributed by atoms with Gasteiger partial charge in [0.2, 0.25) is 11.8 Å². The van der Waals surface area contributed by atoms with E-state index in [-0.39, 0.29) is 17.9 Å². The maximum atomic E-state index is 12.2. The maximum absolute atomic E-state index is 12.2. The van der Waals surface area contributed by atoms with E-state index in [9.17, 15) is 9.59 Å². The van der Waals surface area contributed by atoms with Crippen molar-refractivity contribution in [2.75, 3.05) is 26.2 Å². The maximum Gasteiger partial charge on any atom is 0.244 e. The van der Waals surface area contributed by atoms with E-state index in [0.717, 1.165) is 19.4 Å². The normalized spacial score (nSPS) is 19.3. The zero-order valence-electron chi connectivity index (χ0n) is 12.2. The summed E-state index contributed by atoms with van der Waals surface area (Å²) in [5.74, 6) is 0.0745. The summed E-state index contributed by atoms with van der Waals surface area (Å²) in [5, 5.41) is 5.98. The molecule has 1 heterocycles. The molecule has 0 saturated carbocycles. The van der Waals surface area contributed by atoms with Crippen molar-refractivity contribution in [1.29, 1.82) is 0 Å². The molecule has 5 heteroatoms. The van der Waals surface area contributed by atoms with Gasteiger partial charge in [-0.1, -0.05) is 26.2 Å². The average molecular weight is 269 g/mol. The molecular weight excluding hydrogens is 242 g/mol. The molecule has 2 N–H and O–H groups in total. The summed E-state index contributed by atoms with van der Waals surface area (Å²) in [4.78, 5) is 25.9. The van der Waals surface area contributed by atoms with Gasteiger partial charge >= 0.3 is 0 Å². The van der Waals surface area contributed by atoms with Crippen molar-refractivity contribution in [3.63, 3.8) is 0 Å². The first-order valence-corrected chi connectivity index (χ1v) is 7.48. The van der Waals surface area contributed by atoms with Crippen LogP contribution in [-0.4, -0.2) is 48.9 Å². The van der Waals surface area contributed by atoms with Crippen LogP contribution in [0.2, 0.25) is 0 Å². The Hall–Kier alpha value is -1.10. The Bertz CT molecular complexity index is 294. The van der Waals surface area contributed by atoms with E-state index in [1.165, 1.54) is 12.8 Å². The summed E-state index contributed by atoms with van der Waals surface area (Å²) in [6, 6.07) is -0.340. The average Bonchev–Trinajstić information content (AvgIpc) is 2.43. The highest BCUT2D eigenvalue weighted by Crippen LogP contribution is 2.10. The van der Waals surface area contributed by atoms with Crippen LogP contribution in [0.4, 0.5) is 0 Å². The predicted octanol–water partition coefficient (Wildman–Crippen LogP) is 0.893. The number of carbonyl (C=O) groups excluding carboxylic acids is 2. The number of hydrogen-bond acceptors (Lipinski definition) is 3. The van der Waals surface area contributed by atoms with E-state index >= 15 is 0 Å². The van der Waals surface area contributed by atoms with E-state index in [1.807, 2.05) is 6.92 Å². The second kappa shape index (κ2) is 8.91. The van der Waals surface area contributed by atoms with Gasteiger partial charge in [-0.2, -0.15) is 0 Å². The van der Waals surface area contributed by atoms with Crippen molar-refractivity contribution in [1.82, 2.24) is 15.5 Å². The van der Waals surface area contributed by atoms with Gasteiger partial charge in [-0.15, -0.1) is 0 Å². The Morgan fingerprint density at radius 1 is 1.26 bits per heavy atom. The number of nitrogens with one attached hydrogen (secondary N) is 2. The van der Waals surface area contributed by atoms with E-state index in [4.69, 9.17) is 0 Å². The van der Waals surface area contributed by atoms with Crippen LogP contribution in [0.1, 0.15) is 46.0 Å². The molecule has 0 aromatic rings. The lowest BCUT2D eigenvalue weighted by Gasteiger charge is -2.35. The molecule has 5 nitrogen and oxygen atoms in total. The third-order valence-corrected chi connectivity index (χ3v) is 3.46. The fourth-order valence-electron chi connectivity index (χ4n) is 2.38. The summed E-state index contributed by atoms with van der Waals surface area (Å²) in [6.07, 6.45) is 4.94. The van der Waals surface area contributed by atoms with Crippen molar-refractivity contribution in [2.24, 2.45) is 0 Å². The van der Waals surface area contributed by atoms with Gasteiger partial charge < -0.3 is 15.5 Å². The first-order chi connectivity index (χ1) is 9.20. The molecule has 1 aliphatic rings. The van der Waals surface area contributed by atoms with Crippen LogP contribution < -0.4 is 10.6 Å². The third kappa shape index (κ3) is 5.19. The van der Waals surface area contributed by atoms with Crippen LogP contribution in [0.25, 0.3) is 0 Å². The monoisotopic (exact) mass is 269 g/mol. The molecule has 1 fully saturated rings. The molecule has 1 atom stereocenters. The van der Waals surface area contributed by atoms with E-state index < -0.39 is 0 Å². The molecule has 0 aromatic carbocycles. The van der Waals surface area contributed by atoms with Gasteiger partial charge in [-0.25, -0.2) is 0 Å². The number of carbonyl (C=O) groups is 2. The minimum Gasteiger partial charge on any atom is -0.355 e. The van der Waals surface area contributed by atoms with Crippen molar-refractivity contribution < 1.29 is 9.59 Å². The molecule has 1 unspecified atom stereocenters. The Kier molecular flexibility index (Phi) is 7.48. The SMILES string of the molecule is CCCCCCC(=O)N1CCNCC1C(=O)NCC. The Balaban J connectivity index is 2.46. The van der Waals surface area contributed by atoms with Gasteiger partial charge in [0, 0.05) is 32.6 Å². The Labute approximate surface area is 116 Å². The van der Waals surface area contributed by atoms with E-state index in [1.54, 1.807) is 4.90 Å². The molecule has 0 radical (unpaired) electrons. The second-order valence-corrected chi connectivity index (χ2v) is 5.01. The van der Waals surface area contributed by atoms with Gasteiger partial charge in [0.05, 0.1) is 0 Å². The summed E-state index contributed by atoms with van der Waals surface area (Å²) < 4.78 is 0. The summed E-state index contributed by atoms with van der Waals surface area (Å²) in [6.45, 7) is 6.62. The van der Waals surface area contributed by atoms with Gasteiger partial charge in [0.1, 0.15) is 6.04 Å². The number of piperazine rings is 1. The van der Waals surface area contributed by atoms with Crippen LogP contribution in [0.15, 0.2) is 0 Å². The predicted molar refractivity (Wildman–Crippen MR) is 75.8 cm³/mol. The number of nitrogens with zero attached hydrogens (tertiary/aromatic N) is 1. The molecule has 19 heavy (non-hydrogen) atoms. The topological polar surface area (TPSA) is 61.4 Å². The number of unbranched alkanes of at least 4 members (excludes halogenated alkanes) is 3. The first-order valence-electron chi connectivity index (χ1n) is 7.48. The third-order valence-electron chi connectivity index (χ3n) is 3.46. The fourth-order valence-corrected chi connectivity index (χ4v) is 2.38. The van der Waals surface area contributed by atoms with E-state index in [2.05, 4.69) is 17.6 Å². The molecular formula is C14H27N3O2. The lowest BCUT2D eigenvalue weighted by molar-refractivity contribution is -0.141. The van der Waals surface area contributed by atoms with Gasteiger partial charge in [0.15, 0.2) is 0 Å². The van der Waals surface area contributed by atoms with Crippen LogP contribution >= 0.6 is 0 Å². The van der Waals surface area contributed by atoms with Crippen LogP contribution in [0.5, 0.6) is 0 Å². The van der Waals surface area contributed by atoms with Crippen molar-refractivity contribution >= 4 is 11.8 Å². The van der Waals surface area contributed by atoms with Crippen LogP contribution in [0, 0.1) is 0 Å². The fraction of sp³-hybridized carbons (Fsp3) is 0.857. The minimum absolute atomic E-state index is 0.0448. The van der Waals surface area contributed by atoms with Gasteiger partial charge in [-0.05, 0) is 13.3 Å². The van der Waals surface area contributed by atoms with Crippen LogP contribution in [0.3, 0.4) is 0 Å². The van der Waals surface area contributed by atoms with Crippen molar-refractivity contribution in [3.8, 4) is 0 Å². The first kappa shape index (κ1) is 16.0. The zero-order chi connectivity index (χ0) is 14.1. The summed E-state index contributed by atoms with van der Waals surface area (Å²) in [5.41, 5.74) is 0. The lowest BCUT2D eigenvalue weighted by atomic mass is 10.1. The molecule has 1 rings (SSSR count). The minimum atomic E-state index is -0.340. The molecule has 1 saturated heterocycles. The Morgan fingerprint density at radius 3 is 2.74 bits per heavy atom. The summed E-state index contributed by atoms with van der Waals surface area (Å²) in [7, 11) is 0. The molecule has 0 aromatic heterocycles. The van der Waals surface area contributed by atoms with Crippen LogP contribution in [-0.2, 0) is 9.59 Å². The molecule has 0 bridgehead atoms. The standard InChI is InChI=1S/C14H27N3O2/c1-3-5-6-7-8-13(18)17-10-9-15-11-12(17)14(19)16-4-2/h12,15H,3-11H2,1-2H3,(H,16,19).